The van der Waals surface area contributed by atoms with Crippen LogP contribution in [-0.2, 0) is 14.3 Å². The van der Waals surface area contributed by atoms with E-state index in [0.717, 1.165) is 5.56 Å². The van der Waals surface area contributed by atoms with Crippen molar-refractivity contribution in [1.29, 1.82) is 0 Å². The second-order valence-corrected chi connectivity index (χ2v) is 4.15. The highest BCUT2D eigenvalue weighted by molar-refractivity contribution is 6.32. The Morgan fingerprint density at radius 2 is 2.06 bits per heavy atom. The first-order valence-electron chi connectivity index (χ1n) is 5.59. The van der Waals surface area contributed by atoms with Gasteiger partial charge in [0.2, 0.25) is 0 Å². The van der Waals surface area contributed by atoms with Gasteiger partial charge in [-0.05, 0) is 31.5 Å². The SMILES string of the molecule is CCOC(=O)CC(=O)COc1ccc(C)cc1Cl. The van der Waals surface area contributed by atoms with Gasteiger partial charge in [-0.25, -0.2) is 0 Å². The Hall–Kier alpha value is -1.55. The molecule has 0 amide bonds. The van der Waals surface area contributed by atoms with Crippen LogP contribution in [0.3, 0.4) is 0 Å². The number of ether oxygens (including phenoxy) is 2. The maximum atomic E-state index is 11.4. The summed E-state index contributed by atoms with van der Waals surface area (Å²) >= 11 is 5.94. The van der Waals surface area contributed by atoms with Crippen molar-refractivity contribution in [3.8, 4) is 5.75 Å². The molecule has 0 heterocycles. The van der Waals surface area contributed by atoms with Crippen LogP contribution in [0.2, 0.25) is 5.02 Å². The fourth-order valence-electron chi connectivity index (χ4n) is 1.31. The molecule has 18 heavy (non-hydrogen) atoms. The molecule has 0 aliphatic rings. The predicted octanol–water partition coefficient (Wildman–Crippen LogP) is 2.55. The van der Waals surface area contributed by atoms with Gasteiger partial charge in [0.25, 0.3) is 0 Å². The molecule has 0 bridgehead atoms. The Labute approximate surface area is 111 Å². The Bertz CT molecular complexity index is 443. The number of hydrogen-bond acceptors (Lipinski definition) is 4. The number of esters is 1. The van der Waals surface area contributed by atoms with Gasteiger partial charge in [-0.2, -0.15) is 0 Å². The molecule has 0 saturated carbocycles. The summed E-state index contributed by atoms with van der Waals surface area (Å²) in [6.45, 7) is 3.66. The summed E-state index contributed by atoms with van der Waals surface area (Å²) in [5.74, 6) is -0.453. The van der Waals surface area contributed by atoms with Gasteiger partial charge >= 0.3 is 5.97 Å². The lowest BCUT2D eigenvalue weighted by Crippen LogP contribution is -2.17. The summed E-state index contributed by atoms with van der Waals surface area (Å²) in [6.07, 6.45) is -0.280. The Morgan fingerprint density at radius 3 is 2.67 bits per heavy atom. The monoisotopic (exact) mass is 270 g/mol. The number of halogens is 1. The highest BCUT2D eigenvalue weighted by Crippen LogP contribution is 2.25. The number of rotatable bonds is 6. The number of ketones is 1. The lowest BCUT2D eigenvalue weighted by molar-refractivity contribution is -0.145. The van der Waals surface area contributed by atoms with E-state index < -0.39 is 5.97 Å². The number of hydrogen-bond donors (Lipinski definition) is 0. The van der Waals surface area contributed by atoms with Gasteiger partial charge in [0, 0.05) is 0 Å². The number of Topliss-reactive ketones (excluding diaryl/α,β-unsaturated/α-hetero) is 1. The van der Waals surface area contributed by atoms with Gasteiger partial charge < -0.3 is 9.47 Å². The summed E-state index contributed by atoms with van der Waals surface area (Å²) in [7, 11) is 0. The molecule has 0 radical (unpaired) electrons. The highest BCUT2D eigenvalue weighted by atomic mass is 35.5. The molecule has 4 nitrogen and oxygen atoms in total. The minimum atomic E-state index is -0.541. The van der Waals surface area contributed by atoms with Gasteiger partial charge in [-0.3, -0.25) is 9.59 Å². The van der Waals surface area contributed by atoms with E-state index in [4.69, 9.17) is 16.3 Å². The van der Waals surface area contributed by atoms with Crippen LogP contribution >= 0.6 is 11.6 Å². The molecular formula is C13H15ClO4. The average Bonchev–Trinajstić information content (AvgIpc) is 2.28. The van der Waals surface area contributed by atoms with E-state index in [0.29, 0.717) is 10.8 Å². The topological polar surface area (TPSA) is 52.6 Å². The van der Waals surface area contributed by atoms with E-state index in [1.54, 1.807) is 19.1 Å². The molecule has 0 fully saturated rings. The summed E-state index contributed by atoms with van der Waals surface area (Å²) in [6, 6.07) is 5.26. The molecule has 1 aromatic rings. The largest absolute Gasteiger partial charge is 0.484 e. The van der Waals surface area contributed by atoms with E-state index in [1.807, 2.05) is 13.0 Å². The lowest BCUT2D eigenvalue weighted by atomic mass is 10.2. The van der Waals surface area contributed by atoms with Gasteiger partial charge in [0.05, 0.1) is 11.6 Å². The van der Waals surface area contributed by atoms with Crippen LogP contribution in [-0.4, -0.2) is 25.0 Å². The first-order valence-corrected chi connectivity index (χ1v) is 5.97. The zero-order valence-electron chi connectivity index (χ0n) is 10.4. The Balaban J connectivity index is 2.45. The second kappa shape index (κ2) is 7.01. The maximum absolute atomic E-state index is 11.4. The smallest absolute Gasteiger partial charge is 0.313 e. The van der Waals surface area contributed by atoms with E-state index in [1.165, 1.54) is 0 Å². The van der Waals surface area contributed by atoms with E-state index in [9.17, 15) is 9.59 Å². The third kappa shape index (κ3) is 4.75. The molecule has 0 unspecified atom stereocenters. The Morgan fingerprint density at radius 1 is 1.33 bits per heavy atom. The maximum Gasteiger partial charge on any atom is 0.313 e. The fourth-order valence-corrected chi connectivity index (χ4v) is 1.59. The zero-order valence-corrected chi connectivity index (χ0v) is 11.1. The molecule has 0 spiro atoms. The molecule has 5 heteroatoms. The second-order valence-electron chi connectivity index (χ2n) is 3.74. The highest BCUT2D eigenvalue weighted by Gasteiger charge is 2.11. The fraction of sp³-hybridized carbons (Fsp3) is 0.385. The van der Waals surface area contributed by atoms with Gasteiger partial charge in [-0.1, -0.05) is 17.7 Å². The van der Waals surface area contributed by atoms with E-state index in [-0.39, 0.29) is 25.4 Å². The number of carbonyl (C=O) groups excluding carboxylic acids is 2. The van der Waals surface area contributed by atoms with Crippen LogP contribution in [0, 0.1) is 6.92 Å². The van der Waals surface area contributed by atoms with Crippen LogP contribution < -0.4 is 4.74 Å². The molecule has 98 valence electrons. The summed E-state index contributed by atoms with van der Waals surface area (Å²) < 4.78 is 9.91. The van der Waals surface area contributed by atoms with Crippen LogP contribution in [0.4, 0.5) is 0 Å². The summed E-state index contributed by atoms with van der Waals surface area (Å²) in [4.78, 5) is 22.5. The number of aryl methyl sites for hydroxylation is 1. The van der Waals surface area contributed by atoms with Crippen molar-refractivity contribution in [2.24, 2.45) is 0 Å². The minimum absolute atomic E-state index is 0.193. The molecule has 0 aliphatic heterocycles. The molecule has 1 aromatic carbocycles. The molecule has 0 saturated heterocycles. The van der Waals surface area contributed by atoms with Crippen LogP contribution in [0.5, 0.6) is 5.75 Å². The van der Waals surface area contributed by atoms with Crippen molar-refractivity contribution in [3.63, 3.8) is 0 Å². The van der Waals surface area contributed by atoms with Gasteiger partial charge in [0.1, 0.15) is 18.8 Å². The molecule has 1 rings (SSSR count). The van der Waals surface area contributed by atoms with E-state index >= 15 is 0 Å². The van der Waals surface area contributed by atoms with Crippen molar-refractivity contribution in [2.75, 3.05) is 13.2 Å². The first kappa shape index (κ1) is 14.5. The normalized spacial score (nSPS) is 9.94. The van der Waals surface area contributed by atoms with Crippen LogP contribution in [0.1, 0.15) is 18.9 Å². The lowest BCUT2D eigenvalue weighted by Gasteiger charge is -2.07. The van der Waals surface area contributed by atoms with Crippen molar-refractivity contribution in [1.82, 2.24) is 0 Å². The van der Waals surface area contributed by atoms with Crippen molar-refractivity contribution < 1.29 is 19.1 Å². The van der Waals surface area contributed by atoms with E-state index in [2.05, 4.69) is 4.74 Å². The third-order valence-corrected chi connectivity index (χ3v) is 2.42. The molecule has 0 N–H and O–H groups in total. The van der Waals surface area contributed by atoms with Crippen molar-refractivity contribution in [2.45, 2.75) is 20.3 Å². The third-order valence-electron chi connectivity index (χ3n) is 2.12. The minimum Gasteiger partial charge on any atom is -0.484 e. The summed E-state index contributed by atoms with van der Waals surface area (Å²) in [5, 5.41) is 0.443. The molecule has 0 aliphatic carbocycles. The average molecular weight is 271 g/mol. The summed E-state index contributed by atoms with van der Waals surface area (Å²) in [5.41, 5.74) is 1.00. The van der Waals surface area contributed by atoms with Crippen LogP contribution in [0.25, 0.3) is 0 Å². The molecule has 0 aromatic heterocycles. The van der Waals surface area contributed by atoms with Crippen molar-refractivity contribution >= 4 is 23.4 Å². The van der Waals surface area contributed by atoms with Gasteiger partial charge in [-0.15, -0.1) is 0 Å². The van der Waals surface area contributed by atoms with Crippen LogP contribution in [0.15, 0.2) is 18.2 Å². The molecule has 0 atom stereocenters. The number of carbonyl (C=O) groups is 2. The predicted molar refractivity (Wildman–Crippen MR) is 67.9 cm³/mol. The van der Waals surface area contributed by atoms with Crippen molar-refractivity contribution in [3.05, 3.63) is 28.8 Å². The standard InChI is InChI=1S/C13H15ClO4/c1-3-17-13(16)7-10(15)8-18-12-5-4-9(2)6-11(12)14/h4-6H,3,7-8H2,1-2H3. The van der Waals surface area contributed by atoms with Gasteiger partial charge in [0.15, 0.2) is 5.78 Å². The quantitative estimate of drug-likeness (QED) is 0.589. The Kier molecular flexibility index (Phi) is 5.65. The first-order chi connectivity index (χ1) is 8.52. The number of benzene rings is 1. The zero-order chi connectivity index (χ0) is 13.5. The molecular weight excluding hydrogens is 256 g/mol.